The van der Waals surface area contributed by atoms with Crippen LogP contribution in [0.2, 0.25) is 0 Å². The predicted octanol–water partition coefficient (Wildman–Crippen LogP) is 4.05. The number of nitrogens with zero attached hydrogens (tertiary/aromatic N) is 6. The molecule has 5 aromatic rings. The maximum Gasteiger partial charge on any atom is 0.345 e. The fourth-order valence-electron chi connectivity index (χ4n) is 4.94. The number of hydrogen-bond donors (Lipinski definition) is 2. The highest BCUT2D eigenvalue weighted by Crippen LogP contribution is 2.45. The van der Waals surface area contributed by atoms with Crippen LogP contribution >= 0.6 is 11.3 Å². The number of amidine groups is 1. The normalized spacial score (nSPS) is 21.1. The molecule has 3 N–H and O–H groups in total. The number of thiophene rings is 1. The van der Waals surface area contributed by atoms with Gasteiger partial charge in [-0.15, -0.1) is 21.5 Å². The Hall–Kier alpha value is -4.15. The third-order valence-corrected chi connectivity index (χ3v) is 7.28. The van der Waals surface area contributed by atoms with Crippen molar-refractivity contribution in [1.29, 1.82) is 0 Å². The second kappa shape index (κ2) is 6.92. The van der Waals surface area contributed by atoms with Gasteiger partial charge in [-0.1, -0.05) is 36.4 Å². The van der Waals surface area contributed by atoms with Crippen molar-refractivity contribution in [2.75, 3.05) is 0 Å². The predicted molar refractivity (Wildman–Crippen MR) is 134 cm³/mol. The monoisotopic (exact) mass is 464 g/mol. The van der Waals surface area contributed by atoms with E-state index in [4.69, 9.17) is 10.7 Å². The molecule has 1 unspecified atom stereocenters. The van der Waals surface area contributed by atoms with Crippen LogP contribution in [0.1, 0.15) is 24.0 Å². The molecular formula is C24H16N8OS. The van der Waals surface area contributed by atoms with E-state index < -0.39 is 11.7 Å². The van der Waals surface area contributed by atoms with Crippen molar-refractivity contribution in [3.8, 4) is 0 Å². The summed E-state index contributed by atoms with van der Waals surface area (Å²) in [6.07, 6.45) is 9.84. The number of carbonyl (C=O) groups excluding carboxylic acids is 1. The van der Waals surface area contributed by atoms with Crippen molar-refractivity contribution in [3.63, 3.8) is 0 Å². The van der Waals surface area contributed by atoms with Crippen molar-refractivity contribution < 1.29 is 4.79 Å². The molecule has 164 valence electrons. The SMILES string of the molecule is NC1(/N=C2/CC=NC(=O)N2)CC=Cc2c1c1nnc3sc4cncnc4c3c1c1ccccc21. The van der Waals surface area contributed by atoms with Gasteiger partial charge in [-0.25, -0.2) is 24.7 Å². The topological polar surface area (TPSA) is 131 Å². The zero-order valence-electron chi connectivity index (χ0n) is 17.7. The average molecular weight is 465 g/mol. The van der Waals surface area contributed by atoms with E-state index in [2.05, 4.69) is 48.7 Å². The molecule has 3 aromatic heterocycles. The van der Waals surface area contributed by atoms with E-state index in [9.17, 15) is 4.79 Å². The van der Waals surface area contributed by atoms with Gasteiger partial charge < -0.3 is 5.73 Å². The summed E-state index contributed by atoms with van der Waals surface area (Å²) in [5.74, 6) is 0.479. The van der Waals surface area contributed by atoms with Gasteiger partial charge in [0.25, 0.3) is 0 Å². The maximum atomic E-state index is 11.8. The van der Waals surface area contributed by atoms with E-state index in [0.29, 0.717) is 24.2 Å². The first-order valence-electron chi connectivity index (χ1n) is 10.7. The zero-order valence-corrected chi connectivity index (χ0v) is 18.5. The first-order valence-corrected chi connectivity index (χ1v) is 11.6. The summed E-state index contributed by atoms with van der Waals surface area (Å²) in [5, 5.41) is 16.0. The number of aliphatic imine (C=N–C) groups is 2. The Morgan fingerprint density at radius 3 is 2.88 bits per heavy atom. The molecule has 1 atom stereocenters. The van der Waals surface area contributed by atoms with E-state index in [-0.39, 0.29) is 0 Å². The second-order valence-corrected chi connectivity index (χ2v) is 9.34. The van der Waals surface area contributed by atoms with Gasteiger partial charge in [-0.3, -0.25) is 5.32 Å². The number of benzene rings is 2. The quantitative estimate of drug-likeness (QED) is 0.360. The van der Waals surface area contributed by atoms with Gasteiger partial charge in [0.15, 0.2) is 0 Å². The molecule has 7 rings (SSSR count). The number of aromatic nitrogens is 4. The van der Waals surface area contributed by atoms with Gasteiger partial charge >= 0.3 is 6.03 Å². The molecule has 34 heavy (non-hydrogen) atoms. The van der Waals surface area contributed by atoms with Crippen molar-refractivity contribution in [3.05, 3.63) is 54.0 Å². The van der Waals surface area contributed by atoms with Crippen LogP contribution in [-0.4, -0.2) is 38.2 Å². The number of rotatable bonds is 1. The lowest BCUT2D eigenvalue weighted by molar-refractivity contribution is 0.253. The fraction of sp³-hybridized carbons (Fsp3) is 0.125. The highest BCUT2D eigenvalue weighted by Gasteiger charge is 2.36. The fourth-order valence-corrected chi connectivity index (χ4v) is 5.89. The Kier molecular flexibility index (Phi) is 3.94. The summed E-state index contributed by atoms with van der Waals surface area (Å²) < 4.78 is 0.949. The Labute approximate surface area is 196 Å². The first kappa shape index (κ1) is 19.3. The summed E-state index contributed by atoms with van der Waals surface area (Å²) in [6, 6.07) is 7.76. The zero-order chi connectivity index (χ0) is 22.9. The van der Waals surface area contributed by atoms with E-state index in [1.807, 2.05) is 18.2 Å². The lowest BCUT2D eigenvalue weighted by Gasteiger charge is -2.32. The molecule has 0 fully saturated rings. The highest BCUT2D eigenvalue weighted by molar-refractivity contribution is 7.25. The lowest BCUT2D eigenvalue weighted by Crippen LogP contribution is -2.41. The molecule has 2 amide bonds. The molecule has 0 saturated heterocycles. The van der Waals surface area contributed by atoms with Gasteiger partial charge in [0.2, 0.25) is 0 Å². The molecule has 2 aromatic carbocycles. The number of fused-ring (bicyclic) bond motifs is 10. The number of carbonyl (C=O) groups is 1. The number of amides is 2. The molecule has 0 bridgehead atoms. The minimum absolute atomic E-state index is 0.400. The smallest absolute Gasteiger partial charge is 0.303 e. The summed E-state index contributed by atoms with van der Waals surface area (Å²) in [4.78, 5) is 29.9. The summed E-state index contributed by atoms with van der Waals surface area (Å²) in [6.45, 7) is 0. The van der Waals surface area contributed by atoms with Gasteiger partial charge in [-0.05, 0) is 16.3 Å². The number of hydrogen-bond acceptors (Lipinski definition) is 8. The maximum absolute atomic E-state index is 11.8. The second-order valence-electron chi connectivity index (χ2n) is 8.31. The largest absolute Gasteiger partial charge is 0.345 e. The Bertz CT molecular complexity index is 1790. The number of nitrogens with two attached hydrogens (primary N) is 1. The van der Waals surface area contributed by atoms with Crippen LogP contribution < -0.4 is 11.1 Å². The van der Waals surface area contributed by atoms with Crippen molar-refractivity contribution in [1.82, 2.24) is 25.5 Å². The van der Waals surface area contributed by atoms with Crippen LogP contribution in [0.15, 0.2) is 52.9 Å². The Morgan fingerprint density at radius 1 is 1.12 bits per heavy atom. The number of nitrogens with one attached hydrogen (secondary N) is 1. The Morgan fingerprint density at radius 2 is 2.00 bits per heavy atom. The molecule has 10 heteroatoms. The molecular weight excluding hydrogens is 448 g/mol. The Balaban J connectivity index is 1.65. The van der Waals surface area contributed by atoms with Crippen LogP contribution in [0.4, 0.5) is 4.79 Å². The third kappa shape index (κ3) is 2.66. The third-order valence-electron chi connectivity index (χ3n) is 6.28. The van der Waals surface area contributed by atoms with Gasteiger partial charge in [0.1, 0.15) is 28.2 Å². The van der Waals surface area contributed by atoms with Crippen LogP contribution in [0.5, 0.6) is 0 Å². The average Bonchev–Trinajstić information content (AvgIpc) is 3.22. The van der Waals surface area contributed by atoms with Gasteiger partial charge in [0.05, 0.1) is 10.2 Å². The van der Waals surface area contributed by atoms with Crippen LogP contribution in [-0.2, 0) is 5.66 Å². The van der Waals surface area contributed by atoms with Crippen LogP contribution in [0, 0.1) is 0 Å². The molecule has 1 aliphatic heterocycles. The summed E-state index contributed by atoms with van der Waals surface area (Å²) in [5.41, 5.74) is 9.15. The van der Waals surface area contributed by atoms with Gasteiger partial charge in [-0.2, -0.15) is 0 Å². The molecule has 2 aliphatic rings. The molecule has 0 spiro atoms. The standard InChI is InChI=1S/C24H16N8OS/c25-24(30-16-7-9-27-23(33)29-16)8-3-6-14-12-4-1-2-5-13(12)17-18-20-15(10-26-11-28-20)34-22(18)32-31-21(17)19(14)24/h1-6,9-11H,7-8,25H2,(H,29,30,33). The van der Waals surface area contributed by atoms with E-state index in [1.54, 1.807) is 18.7 Å². The van der Waals surface area contributed by atoms with Crippen molar-refractivity contribution >= 4 is 77.6 Å². The first-order chi connectivity index (χ1) is 16.6. The van der Waals surface area contributed by atoms with Crippen LogP contribution in [0.3, 0.4) is 0 Å². The molecule has 0 saturated carbocycles. The minimum atomic E-state index is -1.14. The highest BCUT2D eigenvalue weighted by atomic mass is 32.1. The van der Waals surface area contributed by atoms with E-state index >= 15 is 0 Å². The minimum Gasteiger partial charge on any atom is -0.303 e. The molecule has 0 radical (unpaired) electrons. The molecule has 9 nitrogen and oxygen atoms in total. The van der Waals surface area contributed by atoms with Crippen molar-refractivity contribution in [2.24, 2.45) is 15.7 Å². The summed E-state index contributed by atoms with van der Waals surface area (Å²) >= 11 is 1.52. The number of urea groups is 1. The molecule has 4 heterocycles. The van der Waals surface area contributed by atoms with E-state index in [1.165, 1.54) is 11.3 Å². The molecule has 1 aliphatic carbocycles. The van der Waals surface area contributed by atoms with E-state index in [0.717, 1.165) is 47.7 Å². The lowest BCUT2D eigenvalue weighted by atomic mass is 9.82. The summed E-state index contributed by atoms with van der Waals surface area (Å²) in [7, 11) is 0. The van der Waals surface area contributed by atoms with Crippen LogP contribution in [0.25, 0.3) is 48.2 Å². The van der Waals surface area contributed by atoms with Gasteiger partial charge in [0, 0.05) is 41.6 Å². The van der Waals surface area contributed by atoms with Crippen molar-refractivity contribution in [2.45, 2.75) is 18.5 Å².